The fraction of sp³-hybridized carbons (Fsp3) is 1.00. The van der Waals surface area contributed by atoms with E-state index in [9.17, 15) is 5.11 Å². The summed E-state index contributed by atoms with van der Waals surface area (Å²) in [5.74, 6) is 0. The van der Waals surface area contributed by atoms with E-state index < -0.39 is 8.07 Å². The molecule has 0 aromatic heterocycles. The molecular weight excluding hydrogens is 180 g/mol. The highest BCUT2D eigenvalue weighted by atomic mass is 28.3. The van der Waals surface area contributed by atoms with E-state index in [0.29, 0.717) is 11.8 Å². The number of ether oxygens (including phenoxy) is 1. The lowest BCUT2D eigenvalue weighted by Crippen LogP contribution is -2.30. The van der Waals surface area contributed by atoms with Crippen molar-refractivity contribution in [2.45, 2.75) is 63.8 Å². The molecule has 1 saturated heterocycles. The Kier molecular flexibility index (Phi) is 3.55. The summed E-state index contributed by atoms with van der Waals surface area (Å²) in [6.45, 7) is 9.05. The van der Waals surface area contributed by atoms with Gasteiger partial charge in [-0.3, -0.25) is 0 Å². The molecule has 78 valence electrons. The Morgan fingerprint density at radius 3 is 2.38 bits per heavy atom. The molecule has 0 bridgehead atoms. The molecule has 1 aliphatic heterocycles. The van der Waals surface area contributed by atoms with Crippen molar-refractivity contribution in [3.63, 3.8) is 0 Å². The summed E-state index contributed by atoms with van der Waals surface area (Å²) in [7, 11) is -1.07. The monoisotopic (exact) mass is 202 g/mol. The van der Waals surface area contributed by atoms with Gasteiger partial charge in [0, 0.05) is 0 Å². The predicted octanol–water partition coefficient (Wildman–Crippen LogP) is 2.18. The number of hydrogen-bond donors (Lipinski definition) is 1. The molecule has 1 rings (SSSR count). The fourth-order valence-corrected chi connectivity index (χ4v) is 3.55. The fourth-order valence-electron chi connectivity index (χ4n) is 1.68. The van der Waals surface area contributed by atoms with Crippen LogP contribution in [0.2, 0.25) is 19.6 Å². The van der Waals surface area contributed by atoms with Gasteiger partial charge in [-0.05, 0) is 19.3 Å². The second kappa shape index (κ2) is 4.11. The van der Waals surface area contributed by atoms with Crippen LogP contribution in [0.4, 0.5) is 0 Å². The van der Waals surface area contributed by atoms with Gasteiger partial charge >= 0.3 is 0 Å². The Morgan fingerprint density at radius 2 is 2.00 bits per heavy atom. The first-order valence-corrected chi connectivity index (χ1v) is 8.86. The van der Waals surface area contributed by atoms with Crippen LogP contribution in [0.3, 0.4) is 0 Å². The molecule has 1 heterocycles. The van der Waals surface area contributed by atoms with E-state index in [4.69, 9.17) is 4.74 Å². The first kappa shape index (κ1) is 11.2. The van der Waals surface area contributed by atoms with Gasteiger partial charge in [-0.1, -0.05) is 26.6 Å². The van der Waals surface area contributed by atoms with E-state index in [1.807, 2.05) is 6.92 Å². The highest BCUT2D eigenvalue weighted by Gasteiger charge is 2.47. The van der Waals surface area contributed by atoms with E-state index >= 15 is 0 Å². The molecule has 3 atom stereocenters. The van der Waals surface area contributed by atoms with Crippen LogP contribution in [0.15, 0.2) is 0 Å². The second-order valence-electron chi connectivity index (χ2n) is 5.10. The smallest absolute Gasteiger partial charge is 0.0819 e. The van der Waals surface area contributed by atoms with Crippen molar-refractivity contribution in [1.82, 2.24) is 0 Å². The number of rotatable bonds is 5. The number of hydrogen-bond acceptors (Lipinski definition) is 2. The van der Waals surface area contributed by atoms with Crippen molar-refractivity contribution in [1.29, 1.82) is 0 Å². The van der Waals surface area contributed by atoms with Crippen LogP contribution in [0.5, 0.6) is 0 Å². The zero-order chi connectivity index (χ0) is 10.1. The van der Waals surface area contributed by atoms with Gasteiger partial charge in [0.15, 0.2) is 0 Å². The van der Waals surface area contributed by atoms with Gasteiger partial charge in [0.1, 0.15) is 0 Å². The number of aliphatic hydroxyl groups excluding tert-OH is 1. The summed E-state index contributed by atoms with van der Waals surface area (Å²) in [6.07, 6.45) is 3.16. The summed E-state index contributed by atoms with van der Waals surface area (Å²) in [4.78, 5) is 0. The normalized spacial score (nSPS) is 30.2. The van der Waals surface area contributed by atoms with E-state index in [1.54, 1.807) is 0 Å². The minimum absolute atomic E-state index is 0.119. The molecule has 1 fully saturated rings. The Morgan fingerprint density at radius 1 is 1.38 bits per heavy atom. The Labute approximate surface area is 82.3 Å². The van der Waals surface area contributed by atoms with Gasteiger partial charge in [-0.25, -0.2) is 0 Å². The van der Waals surface area contributed by atoms with E-state index in [-0.39, 0.29) is 6.10 Å². The first-order valence-electron chi connectivity index (χ1n) is 5.28. The van der Waals surface area contributed by atoms with E-state index in [1.165, 1.54) is 0 Å². The molecular formula is C10H22O2Si. The van der Waals surface area contributed by atoms with Gasteiger partial charge in [-0.2, -0.15) is 0 Å². The average Bonchev–Trinajstić information content (AvgIpc) is 2.78. The molecule has 0 radical (unpaired) electrons. The SMILES string of the molecule is CC[C@@H](O)CCC1OC1[Si](C)(C)C. The van der Waals surface area contributed by atoms with Crippen molar-refractivity contribution in [3.8, 4) is 0 Å². The maximum atomic E-state index is 9.38. The van der Waals surface area contributed by atoms with Crippen LogP contribution in [0, 0.1) is 0 Å². The molecule has 0 aromatic carbocycles. The first-order chi connectivity index (χ1) is 5.95. The molecule has 2 nitrogen and oxygen atoms in total. The van der Waals surface area contributed by atoms with Gasteiger partial charge in [-0.15, -0.1) is 0 Å². The summed E-state index contributed by atoms with van der Waals surface area (Å²) < 4.78 is 5.63. The lowest BCUT2D eigenvalue weighted by molar-refractivity contribution is 0.153. The molecule has 0 saturated carbocycles. The predicted molar refractivity (Wildman–Crippen MR) is 57.5 cm³/mol. The maximum Gasteiger partial charge on any atom is 0.0819 e. The zero-order valence-corrected chi connectivity index (χ0v) is 10.2. The van der Waals surface area contributed by atoms with Crippen molar-refractivity contribution in [2.24, 2.45) is 0 Å². The molecule has 0 amide bonds. The molecule has 2 unspecified atom stereocenters. The maximum absolute atomic E-state index is 9.38. The minimum atomic E-state index is -1.07. The van der Waals surface area contributed by atoms with Gasteiger partial charge in [0.2, 0.25) is 0 Å². The lowest BCUT2D eigenvalue weighted by atomic mass is 10.1. The Bertz CT molecular complexity index is 165. The van der Waals surface area contributed by atoms with Crippen molar-refractivity contribution in [3.05, 3.63) is 0 Å². The second-order valence-corrected chi connectivity index (χ2v) is 10.4. The zero-order valence-electron chi connectivity index (χ0n) is 9.21. The van der Waals surface area contributed by atoms with Gasteiger partial charge in [0.05, 0.1) is 26.0 Å². The van der Waals surface area contributed by atoms with Crippen LogP contribution < -0.4 is 0 Å². The topological polar surface area (TPSA) is 32.8 Å². The third-order valence-corrected chi connectivity index (χ3v) is 4.91. The number of epoxide rings is 1. The molecule has 13 heavy (non-hydrogen) atoms. The molecule has 0 aliphatic carbocycles. The summed E-state index contributed by atoms with van der Waals surface area (Å²) in [5, 5.41) is 9.38. The molecule has 0 spiro atoms. The number of aliphatic hydroxyl groups is 1. The third kappa shape index (κ3) is 3.41. The van der Waals surface area contributed by atoms with E-state index in [2.05, 4.69) is 19.6 Å². The summed E-state index contributed by atoms with van der Waals surface area (Å²) >= 11 is 0. The standard InChI is InChI=1S/C10H22O2Si/c1-5-8(11)6-7-9-10(12-9)13(2,3)4/h8-11H,5-7H2,1-4H3/t8-,9?,10?/m1/s1. The summed E-state index contributed by atoms with van der Waals surface area (Å²) in [6, 6.07) is 0. The van der Waals surface area contributed by atoms with Crippen molar-refractivity contribution < 1.29 is 9.84 Å². The largest absolute Gasteiger partial charge is 0.393 e. The van der Waals surface area contributed by atoms with Crippen LogP contribution >= 0.6 is 0 Å². The minimum Gasteiger partial charge on any atom is -0.393 e. The lowest BCUT2D eigenvalue weighted by Gasteiger charge is -2.11. The van der Waals surface area contributed by atoms with Gasteiger partial charge in [0.25, 0.3) is 0 Å². The van der Waals surface area contributed by atoms with Crippen LogP contribution in [0.1, 0.15) is 26.2 Å². The molecule has 0 aromatic rings. The van der Waals surface area contributed by atoms with Gasteiger partial charge < -0.3 is 9.84 Å². The van der Waals surface area contributed by atoms with Crippen LogP contribution in [-0.4, -0.2) is 31.1 Å². The third-order valence-electron chi connectivity index (χ3n) is 2.69. The molecule has 3 heteroatoms. The highest BCUT2D eigenvalue weighted by Crippen LogP contribution is 2.34. The van der Waals surface area contributed by atoms with Crippen molar-refractivity contribution in [2.75, 3.05) is 0 Å². The Balaban J connectivity index is 2.14. The highest BCUT2D eigenvalue weighted by molar-refractivity contribution is 6.78. The molecule has 1 aliphatic rings. The van der Waals surface area contributed by atoms with Crippen LogP contribution in [-0.2, 0) is 4.74 Å². The van der Waals surface area contributed by atoms with Crippen molar-refractivity contribution >= 4 is 8.07 Å². The Hall–Kier alpha value is 0.137. The van der Waals surface area contributed by atoms with E-state index in [0.717, 1.165) is 19.3 Å². The molecule has 1 N–H and O–H groups in total. The summed E-state index contributed by atoms with van der Waals surface area (Å²) in [5.41, 5.74) is 0.552. The quantitative estimate of drug-likeness (QED) is 0.547. The average molecular weight is 202 g/mol. The van der Waals surface area contributed by atoms with Crippen LogP contribution in [0.25, 0.3) is 0 Å².